The molecule has 16 heavy (non-hydrogen) atoms. The summed E-state index contributed by atoms with van der Waals surface area (Å²) in [5.74, 6) is 0.0779. The Morgan fingerprint density at radius 3 is 3.12 bits per heavy atom. The van der Waals surface area contributed by atoms with E-state index in [4.69, 9.17) is 5.53 Å². The predicted octanol–water partition coefficient (Wildman–Crippen LogP) is 2.69. The third kappa shape index (κ3) is 5.41. The van der Waals surface area contributed by atoms with Gasteiger partial charge in [-0.2, -0.15) is 0 Å². The van der Waals surface area contributed by atoms with Crippen molar-refractivity contribution in [2.75, 3.05) is 13.1 Å². The van der Waals surface area contributed by atoms with Crippen LogP contribution in [-0.4, -0.2) is 19.0 Å². The maximum Gasteiger partial charge on any atom is 0.224 e. The van der Waals surface area contributed by atoms with Crippen LogP contribution < -0.4 is 5.32 Å². The van der Waals surface area contributed by atoms with Gasteiger partial charge in [0.2, 0.25) is 5.91 Å². The van der Waals surface area contributed by atoms with Gasteiger partial charge in [-0.25, -0.2) is 0 Å². The second-order valence-corrected chi connectivity index (χ2v) is 3.94. The highest BCUT2D eigenvalue weighted by Gasteiger charge is 2.08. The summed E-state index contributed by atoms with van der Waals surface area (Å²) in [4.78, 5) is 14.1. The fourth-order valence-corrected chi connectivity index (χ4v) is 1.76. The van der Waals surface area contributed by atoms with Crippen molar-refractivity contribution in [2.45, 2.75) is 38.5 Å². The minimum Gasteiger partial charge on any atom is -0.356 e. The topological polar surface area (TPSA) is 77.9 Å². The van der Waals surface area contributed by atoms with Gasteiger partial charge in [-0.15, -0.1) is 0 Å². The molecule has 0 aliphatic heterocycles. The molecule has 1 aliphatic carbocycles. The highest BCUT2D eigenvalue weighted by atomic mass is 16.1. The molecule has 0 aromatic carbocycles. The quantitative estimate of drug-likeness (QED) is 0.242. The number of hydrogen-bond donors (Lipinski definition) is 1. The molecule has 0 atom stereocenters. The van der Waals surface area contributed by atoms with Crippen molar-refractivity contribution in [3.8, 4) is 0 Å². The van der Waals surface area contributed by atoms with Crippen molar-refractivity contribution in [1.82, 2.24) is 5.32 Å². The average Bonchev–Trinajstić information content (AvgIpc) is 2.30. The molecule has 1 N–H and O–H groups in total. The van der Waals surface area contributed by atoms with Crippen LogP contribution in [0, 0.1) is 0 Å². The normalized spacial score (nSPS) is 14.9. The Labute approximate surface area is 95.5 Å². The number of allylic oxidation sites excluding steroid dienone is 1. The molecule has 0 spiro atoms. The Morgan fingerprint density at radius 2 is 2.44 bits per heavy atom. The molecule has 0 heterocycles. The molecule has 0 saturated heterocycles. The van der Waals surface area contributed by atoms with Crippen LogP contribution in [0.5, 0.6) is 0 Å². The van der Waals surface area contributed by atoms with Gasteiger partial charge in [0.15, 0.2) is 0 Å². The average molecular weight is 222 g/mol. The summed E-state index contributed by atoms with van der Waals surface area (Å²) in [6.45, 7) is 1.03. The van der Waals surface area contributed by atoms with E-state index in [0.717, 1.165) is 12.8 Å². The van der Waals surface area contributed by atoms with Gasteiger partial charge in [0.25, 0.3) is 0 Å². The maximum absolute atomic E-state index is 11.5. The minimum absolute atomic E-state index is 0.0779. The van der Waals surface area contributed by atoms with Crippen LogP contribution in [-0.2, 0) is 4.79 Å². The summed E-state index contributed by atoms with van der Waals surface area (Å²) in [7, 11) is 0. The van der Waals surface area contributed by atoms with Crippen LogP contribution in [0.3, 0.4) is 0 Å². The smallest absolute Gasteiger partial charge is 0.224 e. The SMILES string of the molecule is [N-]=[N+]=NCCCNC(=O)CC1=CCCCC1. The van der Waals surface area contributed by atoms with Crippen molar-refractivity contribution in [3.05, 3.63) is 22.1 Å². The largest absolute Gasteiger partial charge is 0.356 e. The van der Waals surface area contributed by atoms with Crippen LogP contribution in [0.15, 0.2) is 16.8 Å². The van der Waals surface area contributed by atoms with E-state index in [1.54, 1.807) is 0 Å². The lowest BCUT2D eigenvalue weighted by Crippen LogP contribution is -2.25. The Hall–Kier alpha value is -1.48. The van der Waals surface area contributed by atoms with Crippen LogP contribution in [0.25, 0.3) is 10.4 Å². The number of carbonyl (C=O) groups excluding carboxylic acids is 1. The van der Waals surface area contributed by atoms with E-state index in [1.165, 1.54) is 18.4 Å². The van der Waals surface area contributed by atoms with Gasteiger partial charge in [-0.1, -0.05) is 16.8 Å². The molecule has 5 nitrogen and oxygen atoms in total. The molecule has 1 rings (SSSR count). The molecule has 88 valence electrons. The summed E-state index contributed by atoms with van der Waals surface area (Å²) in [6.07, 6.45) is 8.04. The van der Waals surface area contributed by atoms with Crippen LogP contribution >= 0.6 is 0 Å². The summed E-state index contributed by atoms with van der Waals surface area (Å²) < 4.78 is 0. The molecule has 0 radical (unpaired) electrons. The lowest BCUT2D eigenvalue weighted by Gasteiger charge is -2.12. The Balaban J connectivity index is 2.10. The second kappa shape index (κ2) is 7.77. The first-order chi connectivity index (χ1) is 7.83. The Morgan fingerprint density at radius 1 is 1.56 bits per heavy atom. The van der Waals surface area contributed by atoms with E-state index >= 15 is 0 Å². The molecule has 0 saturated carbocycles. The van der Waals surface area contributed by atoms with Gasteiger partial charge in [0.05, 0.1) is 0 Å². The van der Waals surface area contributed by atoms with E-state index in [2.05, 4.69) is 21.4 Å². The third-order valence-corrected chi connectivity index (χ3v) is 2.59. The van der Waals surface area contributed by atoms with Crippen LogP contribution in [0.1, 0.15) is 38.5 Å². The molecular weight excluding hydrogens is 204 g/mol. The summed E-state index contributed by atoms with van der Waals surface area (Å²) in [6, 6.07) is 0. The molecule has 1 amide bonds. The number of azide groups is 1. The van der Waals surface area contributed by atoms with E-state index < -0.39 is 0 Å². The first-order valence-corrected chi connectivity index (χ1v) is 5.78. The lowest BCUT2D eigenvalue weighted by molar-refractivity contribution is -0.120. The van der Waals surface area contributed by atoms with Crippen LogP contribution in [0.4, 0.5) is 0 Å². The fourth-order valence-electron chi connectivity index (χ4n) is 1.76. The van der Waals surface area contributed by atoms with Crippen molar-refractivity contribution < 1.29 is 4.79 Å². The molecule has 0 bridgehead atoms. The molecule has 0 fully saturated rings. The number of hydrogen-bond acceptors (Lipinski definition) is 2. The highest BCUT2D eigenvalue weighted by Crippen LogP contribution is 2.19. The summed E-state index contributed by atoms with van der Waals surface area (Å²) >= 11 is 0. The lowest BCUT2D eigenvalue weighted by atomic mass is 9.97. The summed E-state index contributed by atoms with van der Waals surface area (Å²) in [5.41, 5.74) is 9.32. The number of rotatable bonds is 6. The molecule has 1 aliphatic rings. The number of amides is 1. The predicted molar refractivity (Wildman–Crippen MR) is 62.8 cm³/mol. The highest BCUT2D eigenvalue weighted by molar-refractivity contribution is 5.78. The first-order valence-electron chi connectivity index (χ1n) is 5.78. The van der Waals surface area contributed by atoms with Gasteiger partial charge in [-0.05, 0) is 37.6 Å². The van der Waals surface area contributed by atoms with Gasteiger partial charge in [0, 0.05) is 24.4 Å². The number of nitrogens with zero attached hydrogens (tertiary/aromatic N) is 3. The van der Waals surface area contributed by atoms with Gasteiger partial charge >= 0.3 is 0 Å². The van der Waals surface area contributed by atoms with Crippen molar-refractivity contribution >= 4 is 5.91 Å². The van der Waals surface area contributed by atoms with E-state index in [-0.39, 0.29) is 5.91 Å². The zero-order chi connectivity index (χ0) is 11.6. The van der Waals surface area contributed by atoms with Gasteiger partial charge in [-0.3, -0.25) is 4.79 Å². The molecule has 0 unspecified atom stereocenters. The van der Waals surface area contributed by atoms with Crippen molar-refractivity contribution in [2.24, 2.45) is 5.11 Å². The van der Waals surface area contributed by atoms with E-state index in [9.17, 15) is 4.79 Å². The van der Waals surface area contributed by atoms with Crippen molar-refractivity contribution in [3.63, 3.8) is 0 Å². The third-order valence-electron chi connectivity index (χ3n) is 2.59. The van der Waals surface area contributed by atoms with Crippen LogP contribution in [0.2, 0.25) is 0 Å². The molecule has 5 heteroatoms. The molecular formula is C11H18N4O. The Kier molecular flexibility index (Phi) is 6.11. The van der Waals surface area contributed by atoms with Crippen molar-refractivity contribution in [1.29, 1.82) is 0 Å². The maximum atomic E-state index is 11.5. The second-order valence-electron chi connectivity index (χ2n) is 3.94. The number of carbonyl (C=O) groups is 1. The monoisotopic (exact) mass is 222 g/mol. The number of nitrogens with one attached hydrogen (secondary N) is 1. The molecule has 0 aromatic rings. The van der Waals surface area contributed by atoms with E-state index in [1.807, 2.05) is 0 Å². The van der Waals surface area contributed by atoms with Gasteiger partial charge in [0.1, 0.15) is 0 Å². The first kappa shape index (κ1) is 12.6. The van der Waals surface area contributed by atoms with Gasteiger partial charge < -0.3 is 5.32 Å². The zero-order valence-electron chi connectivity index (χ0n) is 9.48. The fraction of sp³-hybridized carbons (Fsp3) is 0.727. The zero-order valence-corrected chi connectivity index (χ0v) is 9.48. The Bertz CT molecular complexity index is 305. The standard InChI is InChI=1S/C11H18N4O/c12-15-14-8-4-7-13-11(16)9-10-5-2-1-3-6-10/h5H,1-4,6-9H2,(H,13,16). The minimum atomic E-state index is 0.0779. The molecule has 0 aromatic heterocycles. The summed E-state index contributed by atoms with van der Waals surface area (Å²) in [5, 5.41) is 6.23. The van der Waals surface area contributed by atoms with E-state index in [0.29, 0.717) is 25.9 Å².